The second kappa shape index (κ2) is 19.5. The van der Waals surface area contributed by atoms with Gasteiger partial charge in [0.2, 0.25) is 11.8 Å². The second-order valence-electron chi connectivity index (χ2n) is 12.4. The molecule has 13 heteroatoms. The van der Waals surface area contributed by atoms with Crippen molar-refractivity contribution in [3.05, 3.63) is 131 Å². The number of aromatic nitrogens is 4. The van der Waals surface area contributed by atoms with Crippen molar-refractivity contribution in [2.24, 2.45) is 9.98 Å². The van der Waals surface area contributed by atoms with Crippen LogP contribution in [0.25, 0.3) is 32.7 Å². The summed E-state index contributed by atoms with van der Waals surface area (Å²) in [7, 11) is 3.01. The number of rotatable bonds is 12. The molecule has 0 saturated carbocycles. The van der Waals surface area contributed by atoms with Crippen molar-refractivity contribution < 1.29 is 33.6 Å². The van der Waals surface area contributed by atoms with Gasteiger partial charge in [0.05, 0.1) is 62.2 Å². The van der Waals surface area contributed by atoms with Crippen LogP contribution in [0.4, 0.5) is 0 Å². The second-order valence-corrected chi connectivity index (χ2v) is 12.4. The summed E-state index contributed by atoms with van der Waals surface area (Å²) in [5, 5.41) is 11.7. The highest BCUT2D eigenvalue weighted by Gasteiger charge is 2.18. The minimum atomic E-state index is 0.250. The molecule has 0 amide bonds. The summed E-state index contributed by atoms with van der Waals surface area (Å²) >= 11 is 0. The number of nitrogens with zero attached hydrogens (tertiary/aromatic N) is 6. The van der Waals surface area contributed by atoms with Crippen LogP contribution < -0.4 is 18.9 Å². The highest BCUT2D eigenvalue weighted by atomic mass is 16.5. The first-order valence-corrected chi connectivity index (χ1v) is 18.0. The van der Waals surface area contributed by atoms with Crippen LogP contribution in [0.1, 0.15) is 50.2 Å². The third-order valence-corrected chi connectivity index (χ3v) is 8.86. The monoisotopic (exact) mass is 764 g/mol. The first kappa shape index (κ1) is 39.6. The van der Waals surface area contributed by atoms with Crippen molar-refractivity contribution in [1.82, 2.24) is 19.9 Å². The maximum atomic E-state index is 11.4. The van der Waals surface area contributed by atoms with Crippen molar-refractivity contribution in [3.8, 4) is 23.3 Å². The number of pyridine rings is 4. The Balaban J connectivity index is 0.000000180. The number of allylic oxidation sites excluding steroid dienone is 2. The summed E-state index contributed by atoms with van der Waals surface area (Å²) < 4.78 is 22.1. The van der Waals surface area contributed by atoms with Crippen LogP contribution in [0.2, 0.25) is 0 Å². The fourth-order valence-electron chi connectivity index (χ4n) is 6.12. The van der Waals surface area contributed by atoms with Gasteiger partial charge in [0.25, 0.3) is 0 Å². The predicted octanol–water partition coefficient (Wildman–Crippen LogP) is 6.99. The lowest BCUT2D eigenvalue weighted by molar-refractivity contribution is 0.111. The van der Waals surface area contributed by atoms with E-state index >= 15 is 0 Å². The van der Waals surface area contributed by atoms with E-state index in [4.69, 9.17) is 24.1 Å². The molecule has 0 spiro atoms. The molecular formula is C44H40N6O7. The van der Waals surface area contributed by atoms with Crippen LogP contribution in [0.15, 0.2) is 108 Å². The Bertz CT molecular complexity index is 2340. The van der Waals surface area contributed by atoms with Gasteiger partial charge in [-0.05, 0) is 29.8 Å². The summed E-state index contributed by atoms with van der Waals surface area (Å²) in [6.45, 7) is 3.65. The minimum Gasteiger partial charge on any atom is -0.486 e. The molecule has 0 atom stereocenters. The van der Waals surface area contributed by atoms with Gasteiger partial charge < -0.3 is 24.1 Å². The van der Waals surface area contributed by atoms with E-state index in [1.807, 2.05) is 73.1 Å². The number of aliphatic hydroxyl groups excluding tert-OH is 1. The Morgan fingerprint density at radius 3 is 1.42 bits per heavy atom. The zero-order valence-corrected chi connectivity index (χ0v) is 31.7. The van der Waals surface area contributed by atoms with Gasteiger partial charge in [-0.3, -0.25) is 29.5 Å². The number of carbonyl (C=O) groups is 2. The van der Waals surface area contributed by atoms with E-state index in [9.17, 15) is 9.59 Å². The maximum absolute atomic E-state index is 11.4. The molecule has 6 heterocycles. The van der Waals surface area contributed by atoms with Gasteiger partial charge in [-0.2, -0.15) is 0 Å². The maximum Gasteiger partial charge on any atom is 0.213 e. The molecule has 0 fully saturated rings. The zero-order valence-electron chi connectivity index (χ0n) is 31.7. The lowest BCUT2D eigenvalue weighted by Gasteiger charge is -2.15. The molecule has 13 nitrogen and oxygen atoms in total. The summed E-state index contributed by atoms with van der Waals surface area (Å²) in [5.41, 5.74) is 6.50. The lowest BCUT2D eigenvalue weighted by Crippen LogP contribution is -2.06. The van der Waals surface area contributed by atoms with Gasteiger partial charge in [-0.15, -0.1) is 0 Å². The highest BCUT2D eigenvalue weighted by Crippen LogP contribution is 2.31. The Hall–Kier alpha value is -7.12. The van der Waals surface area contributed by atoms with E-state index < -0.39 is 0 Å². The molecule has 1 N–H and O–H groups in total. The Morgan fingerprint density at radius 2 is 1.05 bits per heavy atom. The van der Waals surface area contributed by atoms with Gasteiger partial charge in [0, 0.05) is 76.6 Å². The number of aldehydes is 2. The van der Waals surface area contributed by atoms with E-state index in [1.54, 1.807) is 31.5 Å². The van der Waals surface area contributed by atoms with Gasteiger partial charge in [-0.25, -0.2) is 9.97 Å². The lowest BCUT2D eigenvalue weighted by atomic mass is 10.0. The standard InChI is InChI=1S/2C21H17N3O3.C2H6O/c2*1-26-20-8-16(12-25)19(11-23-20)27-13-18-17-5-3-2-4-14(17)10-24-21(18)15-6-7-22-9-15;1-2-3/h2*2-8,10-12H,9,13H2,1H3;3H,2H2,1H3. The number of fused-ring (bicyclic) bond motifs is 2. The average molecular weight is 765 g/mol. The number of hydrogen-bond acceptors (Lipinski definition) is 13. The molecule has 2 aliphatic heterocycles. The summed E-state index contributed by atoms with van der Waals surface area (Å²) in [6.07, 6.45) is 15.7. The predicted molar refractivity (Wildman–Crippen MR) is 220 cm³/mol. The number of aliphatic hydroxyl groups is 1. The first-order chi connectivity index (χ1) is 28.0. The molecule has 57 heavy (non-hydrogen) atoms. The molecular weight excluding hydrogens is 725 g/mol. The number of ether oxygens (including phenoxy) is 4. The molecule has 2 aromatic carbocycles. The van der Waals surface area contributed by atoms with Crippen molar-refractivity contribution in [2.45, 2.75) is 20.1 Å². The summed E-state index contributed by atoms with van der Waals surface area (Å²) in [5.74, 6) is 1.54. The van der Waals surface area contributed by atoms with Gasteiger partial charge in [0.15, 0.2) is 12.6 Å². The van der Waals surface area contributed by atoms with Crippen LogP contribution in [0.3, 0.4) is 0 Å². The zero-order chi connectivity index (χ0) is 40.0. The van der Waals surface area contributed by atoms with Crippen LogP contribution in [-0.4, -0.2) is 84.0 Å². The third kappa shape index (κ3) is 9.40. The normalized spacial score (nSPS) is 12.5. The van der Waals surface area contributed by atoms with E-state index in [-0.39, 0.29) is 19.8 Å². The van der Waals surface area contributed by atoms with Crippen molar-refractivity contribution in [1.29, 1.82) is 0 Å². The smallest absolute Gasteiger partial charge is 0.213 e. The first-order valence-electron chi connectivity index (χ1n) is 18.0. The van der Waals surface area contributed by atoms with Crippen LogP contribution >= 0.6 is 0 Å². The molecule has 8 rings (SSSR count). The quantitative estimate of drug-likeness (QED) is 0.128. The van der Waals surface area contributed by atoms with E-state index in [0.717, 1.165) is 67.8 Å². The largest absolute Gasteiger partial charge is 0.486 e. The molecule has 0 radical (unpaired) electrons. The molecule has 4 aromatic heterocycles. The number of aliphatic imine (C=N–C) groups is 2. The van der Waals surface area contributed by atoms with Crippen LogP contribution in [0, 0.1) is 0 Å². The number of benzene rings is 2. The number of carbonyl (C=O) groups excluding carboxylic acids is 2. The fraction of sp³-hybridized carbons (Fsp3) is 0.182. The van der Waals surface area contributed by atoms with Crippen molar-refractivity contribution >= 4 is 57.7 Å². The molecule has 0 saturated heterocycles. The van der Waals surface area contributed by atoms with Crippen LogP contribution in [0.5, 0.6) is 23.3 Å². The minimum absolute atomic E-state index is 0.250. The molecule has 2 aliphatic rings. The number of hydrogen-bond donors (Lipinski definition) is 1. The van der Waals surface area contributed by atoms with E-state index in [0.29, 0.717) is 47.5 Å². The fourth-order valence-corrected chi connectivity index (χ4v) is 6.12. The average Bonchev–Trinajstić information content (AvgIpc) is 4.01. The highest BCUT2D eigenvalue weighted by molar-refractivity contribution is 5.95. The van der Waals surface area contributed by atoms with E-state index in [2.05, 4.69) is 29.9 Å². The van der Waals surface area contributed by atoms with Gasteiger partial charge in [0.1, 0.15) is 24.7 Å². The van der Waals surface area contributed by atoms with E-state index in [1.165, 1.54) is 26.6 Å². The Labute approximate surface area is 329 Å². The molecule has 0 bridgehead atoms. The van der Waals surface area contributed by atoms with Crippen molar-refractivity contribution in [3.63, 3.8) is 0 Å². The summed E-state index contributed by atoms with van der Waals surface area (Å²) in [4.78, 5) is 48.8. The SMILES string of the molecule is CCO.COc1cc(C=O)c(OCc2c(C3=CC=NC3)ncc3ccccc23)cn1.COc1cc(C=O)c(OCc2c(C3=CC=NC3)ncc3ccccc23)cn1. The molecule has 6 aromatic rings. The summed E-state index contributed by atoms with van der Waals surface area (Å²) in [6, 6.07) is 19.2. The molecule has 0 aliphatic carbocycles. The van der Waals surface area contributed by atoms with Gasteiger partial charge >= 0.3 is 0 Å². The number of methoxy groups -OCH3 is 2. The van der Waals surface area contributed by atoms with Gasteiger partial charge in [-0.1, -0.05) is 48.5 Å². The van der Waals surface area contributed by atoms with Crippen molar-refractivity contribution in [2.75, 3.05) is 33.9 Å². The molecule has 288 valence electrons. The Kier molecular flexibility index (Phi) is 13.5. The third-order valence-electron chi connectivity index (χ3n) is 8.86. The Morgan fingerprint density at radius 1 is 0.632 bits per heavy atom. The van der Waals surface area contributed by atoms with Crippen LogP contribution in [-0.2, 0) is 13.2 Å². The topological polar surface area (TPSA) is 168 Å². The molecule has 0 unspecified atom stereocenters.